The van der Waals surface area contributed by atoms with Crippen LogP contribution in [0.1, 0.15) is 19.4 Å². The smallest absolute Gasteiger partial charge is 0.332 e. The Labute approximate surface area is 117 Å². The molecule has 0 spiro atoms. The molecule has 0 radical (unpaired) electrons. The molecule has 0 bridgehead atoms. The lowest BCUT2D eigenvalue weighted by Crippen LogP contribution is -2.13. The molecular weight excluding hydrogens is 273 g/mol. The molecular formula is C13H15Cl2NO2. The lowest BCUT2D eigenvalue weighted by molar-refractivity contribution is -0.137. The number of hydrogen-bond donors (Lipinski definition) is 1. The molecule has 1 aromatic rings. The molecule has 1 N–H and O–H groups in total. The van der Waals surface area contributed by atoms with Crippen LogP contribution in [-0.2, 0) is 9.53 Å². The average molecular weight is 288 g/mol. The zero-order valence-electron chi connectivity index (χ0n) is 10.3. The third kappa shape index (κ3) is 4.24. The minimum Gasteiger partial charge on any atom is -0.463 e. The van der Waals surface area contributed by atoms with Gasteiger partial charge in [0.1, 0.15) is 0 Å². The van der Waals surface area contributed by atoms with Crippen molar-refractivity contribution in [1.29, 1.82) is 0 Å². The molecule has 0 saturated heterocycles. The lowest BCUT2D eigenvalue weighted by atomic mass is 10.1. The first-order chi connectivity index (χ1) is 8.58. The lowest BCUT2D eigenvalue weighted by Gasteiger charge is -2.10. The molecule has 18 heavy (non-hydrogen) atoms. The Morgan fingerprint density at radius 1 is 1.33 bits per heavy atom. The van der Waals surface area contributed by atoms with E-state index in [1.165, 1.54) is 6.08 Å². The second-order valence-electron chi connectivity index (χ2n) is 3.47. The van der Waals surface area contributed by atoms with Crippen LogP contribution in [0.25, 0.3) is 5.70 Å². The number of carbonyl (C=O) groups is 1. The van der Waals surface area contributed by atoms with Gasteiger partial charge in [-0.2, -0.15) is 0 Å². The summed E-state index contributed by atoms with van der Waals surface area (Å²) >= 11 is 11.8. The Kier molecular flexibility index (Phi) is 6.02. The quantitative estimate of drug-likeness (QED) is 0.665. The molecule has 3 nitrogen and oxygen atoms in total. The largest absolute Gasteiger partial charge is 0.463 e. The fourth-order valence-electron chi connectivity index (χ4n) is 1.39. The fraction of sp³-hybridized carbons (Fsp3) is 0.308. The average Bonchev–Trinajstić information content (AvgIpc) is 2.32. The molecule has 0 heterocycles. The first kappa shape index (κ1) is 14.9. The highest BCUT2D eigenvalue weighted by atomic mass is 35.5. The van der Waals surface area contributed by atoms with E-state index < -0.39 is 0 Å². The topological polar surface area (TPSA) is 38.3 Å². The molecule has 0 saturated carbocycles. The van der Waals surface area contributed by atoms with Gasteiger partial charge in [0, 0.05) is 18.3 Å². The summed E-state index contributed by atoms with van der Waals surface area (Å²) in [6, 6.07) is 5.19. The third-order valence-corrected chi connectivity index (χ3v) is 2.89. The summed E-state index contributed by atoms with van der Waals surface area (Å²) in [5.41, 5.74) is 1.45. The summed E-state index contributed by atoms with van der Waals surface area (Å²) in [7, 11) is 0. The van der Waals surface area contributed by atoms with E-state index in [4.69, 9.17) is 27.9 Å². The maximum Gasteiger partial charge on any atom is 0.332 e. The van der Waals surface area contributed by atoms with Crippen LogP contribution < -0.4 is 5.32 Å². The first-order valence-corrected chi connectivity index (χ1v) is 6.41. The van der Waals surface area contributed by atoms with E-state index >= 15 is 0 Å². The van der Waals surface area contributed by atoms with Gasteiger partial charge < -0.3 is 10.1 Å². The molecule has 0 amide bonds. The second kappa shape index (κ2) is 7.29. The van der Waals surface area contributed by atoms with Gasteiger partial charge in [-0.1, -0.05) is 29.3 Å². The summed E-state index contributed by atoms with van der Waals surface area (Å²) in [5, 5.41) is 4.02. The van der Waals surface area contributed by atoms with Crippen molar-refractivity contribution in [3.63, 3.8) is 0 Å². The monoisotopic (exact) mass is 287 g/mol. The van der Waals surface area contributed by atoms with E-state index in [-0.39, 0.29) is 5.97 Å². The van der Waals surface area contributed by atoms with Crippen molar-refractivity contribution < 1.29 is 9.53 Å². The number of ether oxygens (including phenoxy) is 1. The first-order valence-electron chi connectivity index (χ1n) is 5.66. The number of carbonyl (C=O) groups excluding carboxylic acids is 1. The van der Waals surface area contributed by atoms with Gasteiger partial charge >= 0.3 is 5.97 Å². The van der Waals surface area contributed by atoms with Crippen LogP contribution in [0, 0.1) is 0 Å². The highest BCUT2D eigenvalue weighted by Gasteiger charge is 2.07. The van der Waals surface area contributed by atoms with Crippen LogP contribution in [0.2, 0.25) is 10.0 Å². The van der Waals surface area contributed by atoms with Crippen LogP contribution in [-0.4, -0.2) is 19.1 Å². The summed E-state index contributed by atoms with van der Waals surface area (Å²) < 4.78 is 4.88. The van der Waals surface area contributed by atoms with Gasteiger partial charge in [0.15, 0.2) is 0 Å². The van der Waals surface area contributed by atoms with Crippen molar-refractivity contribution in [3.8, 4) is 0 Å². The summed E-state index contributed by atoms with van der Waals surface area (Å²) in [6.45, 7) is 4.73. The van der Waals surface area contributed by atoms with E-state index in [0.717, 1.165) is 5.56 Å². The SMILES string of the molecule is CCN/C(=C\C(=O)OCC)c1ccc(Cl)c(Cl)c1. The van der Waals surface area contributed by atoms with Crippen molar-refractivity contribution in [2.45, 2.75) is 13.8 Å². The highest BCUT2D eigenvalue weighted by Crippen LogP contribution is 2.25. The summed E-state index contributed by atoms with van der Waals surface area (Å²) in [5.74, 6) is -0.389. The van der Waals surface area contributed by atoms with Gasteiger partial charge in [0.05, 0.1) is 16.7 Å². The molecule has 0 aliphatic rings. The molecule has 0 aliphatic carbocycles. The number of rotatable bonds is 5. The van der Waals surface area contributed by atoms with Crippen molar-refractivity contribution in [2.75, 3.05) is 13.2 Å². The van der Waals surface area contributed by atoms with Crippen LogP contribution in [0.3, 0.4) is 0 Å². The number of halogens is 2. The van der Waals surface area contributed by atoms with Crippen molar-refractivity contribution >= 4 is 34.9 Å². The maximum atomic E-state index is 11.5. The zero-order valence-corrected chi connectivity index (χ0v) is 11.8. The predicted octanol–water partition coefficient (Wildman–Crippen LogP) is 3.51. The molecule has 5 heteroatoms. The summed E-state index contributed by atoms with van der Waals surface area (Å²) in [4.78, 5) is 11.5. The van der Waals surface area contributed by atoms with Gasteiger partial charge in [0.2, 0.25) is 0 Å². The standard InChI is InChI=1S/C13H15Cl2NO2/c1-3-16-12(8-13(17)18-4-2)9-5-6-10(14)11(15)7-9/h5-8,16H,3-4H2,1-2H3/b12-8-. The Morgan fingerprint density at radius 2 is 2.06 bits per heavy atom. The van der Waals surface area contributed by atoms with Gasteiger partial charge in [-0.3, -0.25) is 0 Å². The summed E-state index contributed by atoms with van der Waals surface area (Å²) in [6.07, 6.45) is 1.41. The van der Waals surface area contributed by atoms with E-state index in [0.29, 0.717) is 28.9 Å². The van der Waals surface area contributed by atoms with Gasteiger partial charge in [-0.15, -0.1) is 0 Å². The third-order valence-electron chi connectivity index (χ3n) is 2.15. The van der Waals surface area contributed by atoms with E-state index in [9.17, 15) is 4.79 Å². The number of esters is 1. The van der Waals surface area contributed by atoms with Gasteiger partial charge in [-0.05, 0) is 31.5 Å². The number of hydrogen-bond acceptors (Lipinski definition) is 3. The van der Waals surface area contributed by atoms with Crippen molar-refractivity contribution in [3.05, 3.63) is 39.9 Å². The Hall–Kier alpha value is -1.19. The minimum atomic E-state index is -0.389. The van der Waals surface area contributed by atoms with E-state index in [1.807, 2.05) is 6.92 Å². The normalized spacial score (nSPS) is 11.2. The number of benzene rings is 1. The molecule has 0 aromatic heterocycles. The molecule has 0 unspecified atom stereocenters. The molecule has 0 atom stereocenters. The molecule has 0 fully saturated rings. The van der Waals surface area contributed by atoms with Crippen molar-refractivity contribution in [2.24, 2.45) is 0 Å². The predicted molar refractivity (Wildman–Crippen MR) is 74.7 cm³/mol. The Balaban J connectivity index is 3.03. The maximum absolute atomic E-state index is 11.5. The molecule has 0 aliphatic heterocycles. The van der Waals surface area contributed by atoms with Crippen LogP contribution >= 0.6 is 23.2 Å². The van der Waals surface area contributed by atoms with Crippen LogP contribution in [0.4, 0.5) is 0 Å². The van der Waals surface area contributed by atoms with Crippen molar-refractivity contribution in [1.82, 2.24) is 5.32 Å². The van der Waals surface area contributed by atoms with E-state index in [2.05, 4.69) is 5.32 Å². The van der Waals surface area contributed by atoms with Gasteiger partial charge in [0.25, 0.3) is 0 Å². The van der Waals surface area contributed by atoms with Crippen LogP contribution in [0.5, 0.6) is 0 Å². The molecule has 1 aromatic carbocycles. The van der Waals surface area contributed by atoms with E-state index in [1.54, 1.807) is 25.1 Å². The minimum absolute atomic E-state index is 0.343. The van der Waals surface area contributed by atoms with Crippen LogP contribution in [0.15, 0.2) is 24.3 Å². The second-order valence-corrected chi connectivity index (χ2v) is 4.28. The highest BCUT2D eigenvalue weighted by molar-refractivity contribution is 6.42. The Morgan fingerprint density at radius 3 is 2.61 bits per heavy atom. The fourth-order valence-corrected chi connectivity index (χ4v) is 1.69. The zero-order chi connectivity index (χ0) is 13.5. The Bertz CT molecular complexity index is 458. The molecule has 1 rings (SSSR count). The molecule has 98 valence electrons. The van der Waals surface area contributed by atoms with Gasteiger partial charge in [-0.25, -0.2) is 4.79 Å². The number of nitrogens with one attached hydrogen (secondary N) is 1.